The molecule has 0 spiro atoms. The number of fused-ring (bicyclic) bond motifs is 1. The van der Waals surface area contributed by atoms with Gasteiger partial charge in [-0.1, -0.05) is 66.4 Å². The first-order chi connectivity index (χ1) is 13.7. The van der Waals surface area contributed by atoms with Gasteiger partial charge in [0.2, 0.25) is 0 Å². The number of ketones is 1. The van der Waals surface area contributed by atoms with Crippen LogP contribution in [0.3, 0.4) is 0 Å². The fourth-order valence-corrected chi connectivity index (χ4v) is 3.77. The van der Waals surface area contributed by atoms with E-state index in [2.05, 4.69) is 0 Å². The number of hydrogen-bond donors (Lipinski definition) is 0. The minimum atomic E-state index is -0.267. The Morgan fingerprint density at radius 1 is 0.821 bits per heavy atom. The van der Waals surface area contributed by atoms with Gasteiger partial charge in [0.25, 0.3) is 0 Å². The lowest BCUT2D eigenvalue weighted by molar-refractivity contribution is 0.102. The van der Waals surface area contributed by atoms with E-state index in [0.29, 0.717) is 12.0 Å². The average molecular weight is 388 g/mol. The average Bonchev–Trinajstić information content (AvgIpc) is 2.74. The van der Waals surface area contributed by atoms with Gasteiger partial charge >= 0.3 is 0 Å². The number of benzene rings is 3. The lowest BCUT2D eigenvalue weighted by atomic mass is 10.1. The van der Waals surface area contributed by atoms with Gasteiger partial charge in [0.15, 0.2) is 5.78 Å². The van der Waals surface area contributed by atoms with E-state index in [9.17, 15) is 9.18 Å². The molecular formula is C23H17FN2OS. The van der Waals surface area contributed by atoms with E-state index < -0.39 is 0 Å². The van der Waals surface area contributed by atoms with Crippen LogP contribution < -0.4 is 0 Å². The van der Waals surface area contributed by atoms with Crippen molar-refractivity contribution in [3.8, 4) is 0 Å². The zero-order valence-corrected chi connectivity index (χ0v) is 15.8. The van der Waals surface area contributed by atoms with Crippen molar-refractivity contribution in [2.45, 2.75) is 11.4 Å². The fourth-order valence-electron chi connectivity index (χ4n) is 2.89. The molecule has 1 heterocycles. The van der Waals surface area contributed by atoms with E-state index >= 15 is 0 Å². The van der Waals surface area contributed by atoms with Gasteiger partial charge in [-0.3, -0.25) is 4.79 Å². The van der Waals surface area contributed by atoms with Gasteiger partial charge in [-0.25, -0.2) is 14.4 Å². The van der Waals surface area contributed by atoms with Crippen LogP contribution in [0, 0.1) is 5.82 Å². The number of carbonyl (C=O) groups is 1. The number of para-hydroxylation sites is 2. The maximum Gasteiger partial charge on any atom is 0.173 e. The van der Waals surface area contributed by atoms with Gasteiger partial charge in [-0.15, -0.1) is 0 Å². The third-order valence-corrected chi connectivity index (χ3v) is 5.33. The Morgan fingerprint density at radius 2 is 1.46 bits per heavy atom. The van der Waals surface area contributed by atoms with Crippen molar-refractivity contribution >= 4 is 28.6 Å². The van der Waals surface area contributed by atoms with E-state index in [4.69, 9.17) is 9.97 Å². The first-order valence-corrected chi connectivity index (χ1v) is 9.89. The lowest BCUT2D eigenvalue weighted by Crippen LogP contribution is -2.05. The molecule has 0 radical (unpaired) electrons. The van der Waals surface area contributed by atoms with E-state index in [1.807, 2.05) is 54.6 Å². The van der Waals surface area contributed by atoms with Gasteiger partial charge in [0.05, 0.1) is 22.5 Å². The highest BCUT2D eigenvalue weighted by molar-refractivity contribution is 8.00. The van der Waals surface area contributed by atoms with Crippen molar-refractivity contribution in [2.75, 3.05) is 5.75 Å². The molecule has 4 rings (SSSR count). The SMILES string of the molecule is O=C(CSc1nc2ccccc2nc1Cc1ccc(F)cc1)c1ccccc1. The zero-order valence-electron chi connectivity index (χ0n) is 15.0. The highest BCUT2D eigenvalue weighted by Gasteiger charge is 2.13. The number of thioether (sulfide) groups is 1. The molecule has 0 aliphatic heterocycles. The van der Waals surface area contributed by atoms with E-state index in [-0.39, 0.29) is 17.4 Å². The minimum absolute atomic E-state index is 0.0493. The Labute approximate surface area is 166 Å². The Morgan fingerprint density at radius 3 is 2.18 bits per heavy atom. The number of hydrogen-bond acceptors (Lipinski definition) is 4. The number of halogens is 1. The van der Waals surface area contributed by atoms with Crippen molar-refractivity contribution < 1.29 is 9.18 Å². The largest absolute Gasteiger partial charge is 0.293 e. The number of carbonyl (C=O) groups excluding carboxylic acids is 1. The molecule has 28 heavy (non-hydrogen) atoms. The summed E-state index contributed by atoms with van der Waals surface area (Å²) >= 11 is 1.39. The van der Waals surface area contributed by atoms with Gasteiger partial charge < -0.3 is 0 Å². The highest BCUT2D eigenvalue weighted by atomic mass is 32.2. The van der Waals surface area contributed by atoms with E-state index in [1.54, 1.807) is 12.1 Å². The molecule has 0 aliphatic rings. The molecule has 0 bridgehead atoms. The molecule has 138 valence electrons. The maximum atomic E-state index is 13.2. The number of nitrogens with zero attached hydrogens (tertiary/aromatic N) is 2. The molecule has 0 saturated heterocycles. The van der Waals surface area contributed by atoms with Crippen LogP contribution in [0.2, 0.25) is 0 Å². The molecule has 3 nitrogen and oxygen atoms in total. The third kappa shape index (κ3) is 4.26. The summed E-state index contributed by atoms with van der Waals surface area (Å²) in [6.45, 7) is 0. The van der Waals surface area contributed by atoms with E-state index in [0.717, 1.165) is 27.3 Å². The van der Waals surface area contributed by atoms with Crippen molar-refractivity contribution in [1.29, 1.82) is 0 Å². The molecule has 0 fully saturated rings. The molecule has 3 aromatic carbocycles. The number of aromatic nitrogens is 2. The topological polar surface area (TPSA) is 42.9 Å². The summed E-state index contributed by atoms with van der Waals surface area (Å²) in [6.07, 6.45) is 0.528. The fraction of sp³-hybridized carbons (Fsp3) is 0.0870. The zero-order chi connectivity index (χ0) is 19.3. The van der Waals surface area contributed by atoms with Gasteiger partial charge in [0.1, 0.15) is 10.8 Å². The van der Waals surface area contributed by atoms with Crippen LogP contribution in [0.25, 0.3) is 11.0 Å². The van der Waals surface area contributed by atoms with Gasteiger partial charge in [-0.05, 0) is 29.8 Å². The molecular weight excluding hydrogens is 371 g/mol. The molecule has 0 saturated carbocycles. The molecule has 0 atom stereocenters. The Balaban J connectivity index is 1.63. The standard InChI is InChI=1S/C23H17FN2OS/c24-18-12-10-16(11-13-18)14-21-23(26-20-9-5-4-8-19(20)25-21)28-15-22(27)17-6-2-1-3-7-17/h1-13H,14-15H2. The van der Waals surface area contributed by atoms with Crippen LogP contribution >= 0.6 is 11.8 Å². The van der Waals surface area contributed by atoms with Crippen LogP contribution in [-0.2, 0) is 6.42 Å². The molecule has 5 heteroatoms. The highest BCUT2D eigenvalue weighted by Crippen LogP contribution is 2.25. The minimum Gasteiger partial charge on any atom is -0.293 e. The summed E-state index contributed by atoms with van der Waals surface area (Å²) in [5.74, 6) is 0.0673. The summed E-state index contributed by atoms with van der Waals surface area (Å²) in [5, 5.41) is 0.729. The number of Topliss-reactive ketones (excluding diaryl/α,β-unsaturated/α-hetero) is 1. The van der Waals surface area contributed by atoms with Crippen LogP contribution in [-0.4, -0.2) is 21.5 Å². The molecule has 0 aliphatic carbocycles. The molecule has 1 aromatic heterocycles. The first-order valence-electron chi connectivity index (χ1n) is 8.90. The first kappa shape index (κ1) is 18.3. The Hall–Kier alpha value is -3.05. The molecule has 0 unspecified atom stereocenters. The second-order valence-electron chi connectivity index (χ2n) is 6.35. The predicted molar refractivity (Wildman–Crippen MR) is 110 cm³/mol. The summed E-state index contributed by atoms with van der Waals surface area (Å²) in [6, 6.07) is 23.3. The van der Waals surface area contributed by atoms with Crippen molar-refractivity contribution in [3.63, 3.8) is 0 Å². The Kier molecular flexibility index (Phi) is 5.44. The summed E-state index contributed by atoms with van der Waals surface area (Å²) in [7, 11) is 0. The second-order valence-corrected chi connectivity index (χ2v) is 7.31. The maximum absolute atomic E-state index is 13.2. The van der Waals surface area contributed by atoms with Crippen LogP contribution in [0.4, 0.5) is 4.39 Å². The quantitative estimate of drug-likeness (QED) is 0.331. The third-order valence-electron chi connectivity index (χ3n) is 4.33. The monoisotopic (exact) mass is 388 g/mol. The normalized spacial score (nSPS) is 10.9. The van der Waals surface area contributed by atoms with Crippen molar-refractivity contribution in [1.82, 2.24) is 9.97 Å². The van der Waals surface area contributed by atoms with Gasteiger partial charge in [0, 0.05) is 12.0 Å². The smallest absolute Gasteiger partial charge is 0.173 e. The predicted octanol–water partition coefficient (Wildman–Crippen LogP) is 5.33. The van der Waals surface area contributed by atoms with Gasteiger partial charge in [-0.2, -0.15) is 0 Å². The lowest BCUT2D eigenvalue weighted by Gasteiger charge is -2.10. The van der Waals surface area contributed by atoms with E-state index in [1.165, 1.54) is 23.9 Å². The van der Waals surface area contributed by atoms with Crippen LogP contribution in [0.1, 0.15) is 21.6 Å². The summed E-state index contributed by atoms with van der Waals surface area (Å²) in [5.41, 5.74) is 4.01. The second kappa shape index (κ2) is 8.31. The molecule has 0 N–H and O–H groups in total. The molecule has 0 amide bonds. The van der Waals surface area contributed by atoms with Crippen molar-refractivity contribution in [2.24, 2.45) is 0 Å². The summed E-state index contributed by atoms with van der Waals surface area (Å²) < 4.78 is 13.2. The Bertz CT molecular complexity index is 1110. The number of rotatable bonds is 6. The molecule has 4 aromatic rings. The van der Waals surface area contributed by atoms with Crippen LogP contribution in [0.5, 0.6) is 0 Å². The summed E-state index contributed by atoms with van der Waals surface area (Å²) in [4.78, 5) is 22.0. The van der Waals surface area contributed by atoms with Crippen molar-refractivity contribution in [3.05, 3.63) is 102 Å². The van der Waals surface area contributed by atoms with Crippen LogP contribution in [0.15, 0.2) is 83.9 Å².